The lowest BCUT2D eigenvalue weighted by atomic mass is 9.99. The molecule has 1 atom stereocenters. The Bertz CT molecular complexity index is 713. The number of likely N-dealkylation sites (tertiary alicyclic amines) is 1. The van der Waals surface area contributed by atoms with E-state index >= 15 is 0 Å². The number of urea groups is 1. The molecule has 3 rings (SSSR count). The third-order valence-electron chi connectivity index (χ3n) is 4.77. The van der Waals surface area contributed by atoms with Crippen LogP contribution >= 0.6 is 0 Å². The maximum absolute atomic E-state index is 12.2. The van der Waals surface area contributed by atoms with Crippen LogP contribution in [0.2, 0.25) is 0 Å². The van der Waals surface area contributed by atoms with Crippen LogP contribution in [-0.4, -0.2) is 64.9 Å². The first kappa shape index (κ1) is 17.9. The van der Waals surface area contributed by atoms with Gasteiger partial charge in [0.15, 0.2) is 0 Å². The van der Waals surface area contributed by atoms with Crippen molar-refractivity contribution in [1.29, 1.82) is 0 Å². The summed E-state index contributed by atoms with van der Waals surface area (Å²) in [5, 5.41) is 11.8. The van der Waals surface area contributed by atoms with Gasteiger partial charge in [-0.2, -0.15) is 0 Å². The summed E-state index contributed by atoms with van der Waals surface area (Å²) in [6.45, 7) is 1.28. The van der Waals surface area contributed by atoms with Crippen molar-refractivity contribution < 1.29 is 24.3 Å². The van der Waals surface area contributed by atoms with Gasteiger partial charge in [0.25, 0.3) is 11.8 Å². The highest BCUT2D eigenvalue weighted by molar-refractivity contribution is 6.21. The van der Waals surface area contributed by atoms with Crippen LogP contribution in [0.15, 0.2) is 24.3 Å². The fraction of sp³-hybridized carbons (Fsp3) is 0.444. The molecule has 1 saturated heterocycles. The maximum Gasteiger partial charge on any atom is 0.317 e. The Balaban J connectivity index is 1.45. The number of hydrogen-bond acceptors (Lipinski definition) is 4. The van der Waals surface area contributed by atoms with Crippen molar-refractivity contribution in [2.45, 2.75) is 19.3 Å². The van der Waals surface area contributed by atoms with Crippen LogP contribution in [0.3, 0.4) is 0 Å². The number of benzene rings is 1. The third kappa shape index (κ3) is 3.54. The molecule has 26 heavy (non-hydrogen) atoms. The number of imide groups is 1. The molecule has 0 saturated carbocycles. The van der Waals surface area contributed by atoms with Crippen molar-refractivity contribution in [2.24, 2.45) is 5.92 Å². The molecule has 0 aliphatic carbocycles. The second-order valence-electron chi connectivity index (χ2n) is 6.52. The predicted molar refractivity (Wildman–Crippen MR) is 91.8 cm³/mol. The SMILES string of the molecule is O=C(O)C1CCCN(C(=O)NCCCN2C(=O)c3ccccc3C2=O)C1. The number of hydrogen-bond donors (Lipinski definition) is 2. The second-order valence-corrected chi connectivity index (χ2v) is 6.52. The lowest BCUT2D eigenvalue weighted by Gasteiger charge is -2.30. The normalized spacial score (nSPS) is 19.5. The minimum absolute atomic E-state index is 0.208. The quantitative estimate of drug-likeness (QED) is 0.606. The van der Waals surface area contributed by atoms with Crippen LogP contribution in [0.5, 0.6) is 0 Å². The molecule has 1 aromatic carbocycles. The molecule has 0 radical (unpaired) electrons. The topological polar surface area (TPSA) is 107 Å². The fourth-order valence-corrected chi connectivity index (χ4v) is 3.35. The van der Waals surface area contributed by atoms with Gasteiger partial charge in [-0.25, -0.2) is 4.79 Å². The van der Waals surface area contributed by atoms with Crippen molar-refractivity contribution in [3.8, 4) is 0 Å². The summed E-state index contributed by atoms with van der Waals surface area (Å²) >= 11 is 0. The molecule has 0 bridgehead atoms. The Morgan fingerprint density at radius 2 is 1.81 bits per heavy atom. The Morgan fingerprint density at radius 1 is 1.15 bits per heavy atom. The minimum atomic E-state index is -0.881. The highest BCUT2D eigenvalue weighted by Gasteiger charge is 2.34. The van der Waals surface area contributed by atoms with Gasteiger partial charge in [-0.3, -0.25) is 19.3 Å². The van der Waals surface area contributed by atoms with Gasteiger partial charge in [-0.1, -0.05) is 12.1 Å². The summed E-state index contributed by atoms with van der Waals surface area (Å²) in [6.07, 6.45) is 1.69. The molecular formula is C18H21N3O5. The average Bonchev–Trinajstić information content (AvgIpc) is 2.90. The number of carbonyl (C=O) groups is 4. The van der Waals surface area contributed by atoms with E-state index < -0.39 is 11.9 Å². The van der Waals surface area contributed by atoms with E-state index in [0.29, 0.717) is 43.5 Å². The van der Waals surface area contributed by atoms with Gasteiger partial charge in [0.1, 0.15) is 0 Å². The number of fused-ring (bicyclic) bond motifs is 1. The summed E-state index contributed by atoms with van der Waals surface area (Å²) in [7, 11) is 0. The zero-order chi connectivity index (χ0) is 18.7. The number of carboxylic acid groups (broad SMARTS) is 1. The van der Waals surface area contributed by atoms with Crippen LogP contribution in [0.1, 0.15) is 40.0 Å². The number of piperidine rings is 1. The van der Waals surface area contributed by atoms with E-state index in [1.165, 1.54) is 9.80 Å². The summed E-state index contributed by atoms with van der Waals surface area (Å²) in [4.78, 5) is 50.4. The fourth-order valence-electron chi connectivity index (χ4n) is 3.35. The Kier molecular flexibility index (Phi) is 5.20. The zero-order valence-electron chi connectivity index (χ0n) is 14.3. The zero-order valence-corrected chi connectivity index (χ0v) is 14.3. The lowest BCUT2D eigenvalue weighted by molar-refractivity contribution is -0.143. The van der Waals surface area contributed by atoms with Gasteiger partial charge < -0.3 is 15.3 Å². The lowest BCUT2D eigenvalue weighted by Crippen LogP contribution is -2.47. The summed E-state index contributed by atoms with van der Waals surface area (Å²) < 4.78 is 0. The second kappa shape index (κ2) is 7.55. The Labute approximate surface area is 150 Å². The van der Waals surface area contributed by atoms with Crippen molar-refractivity contribution >= 4 is 23.8 Å². The van der Waals surface area contributed by atoms with Gasteiger partial charge in [-0.05, 0) is 31.4 Å². The van der Waals surface area contributed by atoms with Crippen LogP contribution in [0.4, 0.5) is 4.79 Å². The molecule has 8 nitrogen and oxygen atoms in total. The van der Waals surface area contributed by atoms with Crippen LogP contribution in [-0.2, 0) is 4.79 Å². The first-order valence-electron chi connectivity index (χ1n) is 8.70. The van der Waals surface area contributed by atoms with E-state index in [2.05, 4.69) is 5.32 Å². The van der Waals surface area contributed by atoms with Gasteiger partial charge in [0.2, 0.25) is 0 Å². The molecule has 2 heterocycles. The standard InChI is InChI=1S/C18H21N3O5/c22-15-13-6-1-2-7-14(13)16(23)21(15)10-4-8-19-18(26)20-9-3-5-12(11-20)17(24)25/h1-2,6-7,12H,3-5,8-11H2,(H,19,26)(H,24,25). The highest BCUT2D eigenvalue weighted by Crippen LogP contribution is 2.22. The average molecular weight is 359 g/mol. The van der Waals surface area contributed by atoms with Crippen LogP contribution in [0.25, 0.3) is 0 Å². The number of carboxylic acids is 1. The monoisotopic (exact) mass is 359 g/mol. The van der Waals surface area contributed by atoms with Crippen molar-refractivity contribution in [1.82, 2.24) is 15.1 Å². The molecule has 0 spiro atoms. The molecule has 2 aliphatic rings. The molecule has 2 aliphatic heterocycles. The first-order valence-corrected chi connectivity index (χ1v) is 8.70. The van der Waals surface area contributed by atoms with Crippen LogP contribution < -0.4 is 5.32 Å². The Hall–Kier alpha value is -2.90. The van der Waals surface area contributed by atoms with Gasteiger partial charge >= 0.3 is 12.0 Å². The molecule has 138 valence electrons. The molecule has 2 N–H and O–H groups in total. The number of aliphatic carboxylic acids is 1. The van der Waals surface area contributed by atoms with Gasteiger partial charge in [-0.15, -0.1) is 0 Å². The summed E-state index contributed by atoms with van der Waals surface area (Å²) in [6, 6.07) is 6.39. The van der Waals surface area contributed by atoms with E-state index in [9.17, 15) is 19.2 Å². The number of nitrogens with zero attached hydrogens (tertiary/aromatic N) is 2. The van der Waals surface area contributed by atoms with Crippen molar-refractivity contribution in [3.05, 3.63) is 35.4 Å². The summed E-state index contributed by atoms with van der Waals surface area (Å²) in [5.74, 6) is -2.02. The van der Waals surface area contributed by atoms with E-state index in [4.69, 9.17) is 5.11 Å². The largest absolute Gasteiger partial charge is 0.481 e. The molecule has 8 heteroatoms. The highest BCUT2D eigenvalue weighted by atomic mass is 16.4. The van der Waals surface area contributed by atoms with Gasteiger partial charge in [0, 0.05) is 26.2 Å². The van der Waals surface area contributed by atoms with E-state index in [1.807, 2.05) is 0 Å². The van der Waals surface area contributed by atoms with Gasteiger partial charge in [0.05, 0.1) is 17.0 Å². The van der Waals surface area contributed by atoms with E-state index in [0.717, 1.165) is 0 Å². The smallest absolute Gasteiger partial charge is 0.317 e. The molecular weight excluding hydrogens is 338 g/mol. The van der Waals surface area contributed by atoms with E-state index in [1.54, 1.807) is 24.3 Å². The molecule has 1 aromatic rings. The molecule has 1 fully saturated rings. The molecule has 1 unspecified atom stereocenters. The van der Waals surface area contributed by atoms with Crippen molar-refractivity contribution in [2.75, 3.05) is 26.2 Å². The predicted octanol–water partition coefficient (Wildman–Crippen LogP) is 1.18. The summed E-state index contributed by atoms with van der Waals surface area (Å²) in [5.41, 5.74) is 0.823. The maximum atomic E-state index is 12.2. The molecule has 4 amide bonds. The van der Waals surface area contributed by atoms with Crippen molar-refractivity contribution in [3.63, 3.8) is 0 Å². The minimum Gasteiger partial charge on any atom is -0.481 e. The third-order valence-corrected chi connectivity index (χ3v) is 4.77. The number of rotatable bonds is 5. The number of nitrogens with one attached hydrogen (secondary N) is 1. The van der Waals surface area contributed by atoms with E-state index in [-0.39, 0.29) is 30.9 Å². The van der Waals surface area contributed by atoms with Crippen LogP contribution in [0, 0.1) is 5.92 Å². The number of carbonyl (C=O) groups excluding carboxylic acids is 3. The molecule has 0 aromatic heterocycles. The Morgan fingerprint density at radius 3 is 2.42 bits per heavy atom. The number of amides is 4. The first-order chi connectivity index (χ1) is 12.5.